The molecule has 0 saturated heterocycles. The van der Waals surface area contributed by atoms with E-state index < -0.39 is 0 Å². The molecule has 1 heterocycles. The zero-order valence-electron chi connectivity index (χ0n) is 8.02. The van der Waals surface area contributed by atoms with E-state index in [2.05, 4.69) is 30.7 Å². The van der Waals surface area contributed by atoms with Crippen LogP contribution in [0.2, 0.25) is 5.28 Å². The topological polar surface area (TPSA) is 45.8 Å². The van der Waals surface area contributed by atoms with Crippen molar-refractivity contribution in [3.05, 3.63) is 27.4 Å². The molecule has 1 rings (SSSR count). The number of aromatic amines is 1. The number of aromatic nitrogens is 2. The molecule has 0 atom stereocenters. The van der Waals surface area contributed by atoms with Crippen molar-refractivity contribution in [2.75, 3.05) is 0 Å². The van der Waals surface area contributed by atoms with Crippen molar-refractivity contribution in [3.63, 3.8) is 0 Å². The van der Waals surface area contributed by atoms with E-state index >= 15 is 0 Å². The van der Waals surface area contributed by atoms with Gasteiger partial charge in [0.2, 0.25) is 5.28 Å². The summed E-state index contributed by atoms with van der Waals surface area (Å²) >= 11 is 5.61. The van der Waals surface area contributed by atoms with E-state index in [0.717, 1.165) is 12.1 Å². The predicted octanol–water partition coefficient (Wildman–Crippen LogP) is 2.01. The lowest BCUT2D eigenvalue weighted by molar-refractivity contribution is 0.406. The van der Waals surface area contributed by atoms with Crippen LogP contribution in [0.5, 0.6) is 0 Å². The number of nitrogens with zero attached hydrogens (tertiary/aromatic N) is 1. The van der Waals surface area contributed by atoms with E-state index in [1.54, 1.807) is 0 Å². The monoisotopic (exact) mass is 200 g/mol. The zero-order chi connectivity index (χ0) is 10.1. The lowest BCUT2D eigenvalue weighted by Crippen LogP contribution is -2.15. The summed E-state index contributed by atoms with van der Waals surface area (Å²) in [5.41, 5.74) is 0.657. The van der Waals surface area contributed by atoms with Gasteiger partial charge in [-0.25, -0.2) is 4.98 Å². The summed E-state index contributed by atoms with van der Waals surface area (Å²) in [5, 5.41) is 0.159. The van der Waals surface area contributed by atoms with Gasteiger partial charge in [-0.2, -0.15) is 0 Å². The lowest BCUT2D eigenvalue weighted by atomic mass is 9.90. The molecule has 0 aliphatic rings. The minimum absolute atomic E-state index is 0.115. The molecule has 0 aliphatic heterocycles. The summed E-state index contributed by atoms with van der Waals surface area (Å²) in [7, 11) is 0. The van der Waals surface area contributed by atoms with Crippen molar-refractivity contribution < 1.29 is 0 Å². The van der Waals surface area contributed by atoms with Crippen LogP contribution in [0.3, 0.4) is 0 Å². The quantitative estimate of drug-likeness (QED) is 0.705. The minimum Gasteiger partial charge on any atom is -0.297 e. The van der Waals surface area contributed by atoms with E-state index in [9.17, 15) is 4.79 Å². The molecule has 0 fully saturated rings. The molecule has 72 valence electrons. The lowest BCUT2D eigenvalue weighted by Gasteiger charge is -2.16. The third-order valence-electron chi connectivity index (χ3n) is 1.48. The van der Waals surface area contributed by atoms with Crippen LogP contribution in [0, 0.1) is 5.41 Å². The van der Waals surface area contributed by atoms with Crippen LogP contribution in [0.25, 0.3) is 0 Å². The number of H-pyrrole nitrogens is 1. The van der Waals surface area contributed by atoms with Crippen LogP contribution in [0.15, 0.2) is 10.9 Å². The third kappa shape index (κ3) is 3.59. The summed E-state index contributed by atoms with van der Waals surface area (Å²) in [6.45, 7) is 6.26. The van der Waals surface area contributed by atoms with Gasteiger partial charge in [0.25, 0.3) is 5.56 Å². The first-order chi connectivity index (χ1) is 5.87. The Morgan fingerprint density at radius 3 is 2.62 bits per heavy atom. The number of hydrogen-bond donors (Lipinski definition) is 1. The summed E-state index contributed by atoms with van der Waals surface area (Å²) in [5.74, 6) is 0. The molecule has 1 N–H and O–H groups in total. The van der Waals surface area contributed by atoms with Gasteiger partial charge in [-0.1, -0.05) is 20.8 Å². The van der Waals surface area contributed by atoms with Crippen LogP contribution in [-0.4, -0.2) is 9.97 Å². The smallest absolute Gasteiger partial charge is 0.252 e. The van der Waals surface area contributed by atoms with E-state index in [4.69, 9.17) is 11.6 Å². The standard InChI is InChI=1S/C9H13ClN2O/c1-9(2,3)5-6-4-7(13)12-8(10)11-6/h4H,5H2,1-3H3,(H,11,12,13). The normalized spacial score (nSPS) is 11.7. The molecule has 0 aliphatic carbocycles. The average Bonchev–Trinajstić information content (AvgIpc) is 1.78. The van der Waals surface area contributed by atoms with Gasteiger partial charge < -0.3 is 0 Å². The summed E-state index contributed by atoms with van der Waals surface area (Å²) in [6, 6.07) is 1.48. The molecule has 1 aromatic heterocycles. The molecule has 1 aromatic rings. The predicted molar refractivity (Wildman–Crippen MR) is 53.0 cm³/mol. The van der Waals surface area contributed by atoms with Gasteiger partial charge in [-0.05, 0) is 23.4 Å². The average molecular weight is 201 g/mol. The number of nitrogens with one attached hydrogen (secondary N) is 1. The molecular weight excluding hydrogens is 188 g/mol. The Kier molecular flexibility index (Phi) is 2.76. The fraction of sp³-hybridized carbons (Fsp3) is 0.556. The maximum Gasteiger partial charge on any atom is 0.252 e. The second-order valence-corrected chi connectivity index (χ2v) is 4.62. The van der Waals surface area contributed by atoms with Crippen molar-refractivity contribution in [2.24, 2.45) is 5.41 Å². The first kappa shape index (κ1) is 10.3. The summed E-state index contributed by atoms with van der Waals surface area (Å²) < 4.78 is 0. The van der Waals surface area contributed by atoms with E-state index in [1.807, 2.05) is 0 Å². The van der Waals surface area contributed by atoms with E-state index in [0.29, 0.717) is 0 Å². The zero-order valence-corrected chi connectivity index (χ0v) is 8.77. The van der Waals surface area contributed by atoms with E-state index in [1.165, 1.54) is 6.07 Å². The van der Waals surface area contributed by atoms with Crippen molar-refractivity contribution in [3.8, 4) is 0 Å². The Morgan fingerprint density at radius 1 is 1.54 bits per heavy atom. The van der Waals surface area contributed by atoms with Gasteiger partial charge >= 0.3 is 0 Å². The van der Waals surface area contributed by atoms with Gasteiger partial charge in [0, 0.05) is 11.8 Å². The highest BCUT2D eigenvalue weighted by Gasteiger charge is 2.12. The molecule has 0 bridgehead atoms. The fourth-order valence-electron chi connectivity index (χ4n) is 1.11. The van der Waals surface area contributed by atoms with Gasteiger partial charge in [0.15, 0.2) is 0 Å². The highest BCUT2D eigenvalue weighted by Crippen LogP contribution is 2.18. The SMILES string of the molecule is CC(C)(C)Cc1cc(=O)[nH]c(Cl)n1. The maximum absolute atomic E-state index is 11.0. The maximum atomic E-state index is 11.0. The molecule has 0 saturated carbocycles. The first-order valence-electron chi connectivity index (χ1n) is 4.12. The summed E-state index contributed by atoms with van der Waals surface area (Å²) in [4.78, 5) is 17.4. The Labute approximate surface area is 82.2 Å². The Balaban J connectivity index is 2.96. The van der Waals surface area contributed by atoms with Crippen LogP contribution in [-0.2, 0) is 6.42 Å². The molecule has 3 nitrogen and oxygen atoms in total. The fourth-order valence-corrected chi connectivity index (χ4v) is 1.31. The molecule has 0 aromatic carbocycles. The number of halogens is 1. The number of hydrogen-bond acceptors (Lipinski definition) is 2. The Bertz CT molecular complexity index is 351. The van der Waals surface area contributed by atoms with Gasteiger partial charge in [0.05, 0.1) is 0 Å². The third-order valence-corrected chi connectivity index (χ3v) is 1.66. The van der Waals surface area contributed by atoms with Gasteiger partial charge in [-0.3, -0.25) is 9.78 Å². The van der Waals surface area contributed by atoms with Crippen molar-refractivity contribution in [2.45, 2.75) is 27.2 Å². The van der Waals surface area contributed by atoms with Crippen LogP contribution >= 0.6 is 11.6 Å². The molecule has 4 heteroatoms. The largest absolute Gasteiger partial charge is 0.297 e. The Hall–Kier alpha value is -0.830. The summed E-state index contributed by atoms with van der Waals surface area (Å²) in [6.07, 6.45) is 0.747. The molecular formula is C9H13ClN2O. The second kappa shape index (κ2) is 3.50. The van der Waals surface area contributed by atoms with Gasteiger partial charge in [-0.15, -0.1) is 0 Å². The molecule has 0 amide bonds. The highest BCUT2D eigenvalue weighted by atomic mass is 35.5. The van der Waals surface area contributed by atoms with Crippen LogP contribution in [0.4, 0.5) is 0 Å². The van der Waals surface area contributed by atoms with Gasteiger partial charge in [0.1, 0.15) is 0 Å². The van der Waals surface area contributed by atoms with Crippen LogP contribution in [0.1, 0.15) is 26.5 Å². The van der Waals surface area contributed by atoms with Crippen molar-refractivity contribution >= 4 is 11.6 Å². The Morgan fingerprint density at radius 2 is 2.15 bits per heavy atom. The van der Waals surface area contributed by atoms with E-state index in [-0.39, 0.29) is 16.3 Å². The molecule has 0 radical (unpaired) electrons. The first-order valence-corrected chi connectivity index (χ1v) is 4.50. The molecule has 0 unspecified atom stereocenters. The highest BCUT2D eigenvalue weighted by molar-refractivity contribution is 6.28. The second-order valence-electron chi connectivity index (χ2n) is 4.26. The van der Waals surface area contributed by atoms with Crippen LogP contribution < -0.4 is 5.56 Å². The van der Waals surface area contributed by atoms with Crippen molar-refractivity contribution in [1.29, 1.82) is 0 Å². The minimum atomic E-state index is -0.195. The van der Waals surface area contributed by atoms with Crippen molar-refractivity contribution in [1.82, 2.24) is 9.97 Å². The molecule has 0 spiro atoms. The number of rotatable bonds is 1. The molecule has 13 heavy (non-hydrogen) atoms.